The molecule has 3 rings (SSSR count). The van der Waals surface area contributed by atoms with Gasteiger partial charge in [-0.3, -0.25) is 14.4 Å². The second kappa shape index (κ2) is 10.9. The van der Waals surface area contributed by atoms with E-state index < -0.39 is 11.4 Å². The topological polar surface area (TPSA) is 102 Å². The Morgan fingerprint density at radius 2 is 1.46 bits per heavy atom. The summed E-state index contributed by atoms with van der Waals surface area (Å²) < 4.78 is 10.6. The maximum atomic E-state index is 12.6. The lowest BCUT2D eigenvalue weighted by Gasteiger charge is -2.17. The zero-order chi connectivity index (χ0) is 25.6. The van der Waals surface area contributed by atoms with E-state index in [1.807, 2.05) is 36.4 Å². The fourth-order valence-corrected chi connectivity index (χ4v) is 3.57. The summed E-state index contributed by atoms with van der Waals surface area (Å²) in [6.45, 7) is 3.07. The zero-order valence-electron chi connectivity index (χ0n) is 20.3. The molecule has 1 amide bonds. The highest BCUT2D eigenvalue weighted by Crippen LogP contribution is 2.27. The molecule has 7 nitrogen and oxygen atoms in total. The van der Waals surface area contributed by atoms with Crippen LogP contribution in [0.1, 0.15) is 36.2 Å². The zero-order valence-corrected chi connectivity index (χ0v) is 20.3. The van der Waals surface area contributed by atoms with E-state index in [1.54, 1.807) is 44.6 Å². The summed E-state index contributed by atoms with van der Waals surface area (Å²) in [6, 6.07) is 19.7. The molecule has 0 saturated heterocycles. The third-order valence-corrected chi connectivity index (χ3v) is 5.73. The Hall–Kier alpha value is -4.13. The van der Waals surface area contributed by atoms with E-state index in [-0.39, 0.29) is 24.5 Å². The number of carboxylic acids is 1. The first-order chi connectivity index (χ1) is 16.6. The van der Waals surface area contributed by atoms with Crippen LogP contribution in [0.25, 0.3) is 11.1 Å². The summed E-state index contributed by atoms with van der Waals surface area (Å²) in [5.41, 5.74) is 2.55. The van der Waals surface area contributed by atoms with Gasteiger partial charge in [0.2, 0.25) is 5.91 Å². The van der Waals surface area contributed by atoms with Crippen molar-refractivity contribution in [1.82, 2.24) is 0 Å². The Bertz CT molecular complexity index is 1210. The molecule has 0 radical (unpaired) electrons. The Balaban J connectivity index is 1.64. The third kappa shape index (κ3) is 6.47. The van der Waals surface area contributed by atoms with Gasteiger partial charge in [-0.05, 0) is 55.3 Å². The molecule has 2 N–H and O–H groups in total. The predicted molar refractivity (Wildman–Crippen MR) is 134 cm³/mol. The molecule has 35 heavy (non-hydrogen) atoms. The maximum absolute atomic E-state index is 12.6. The van der Waals surface area contributed by atoms with Gasteiger partial charge in [0.15, 0.2) is 5.78 Å². The predicted octanol–water partition coefficient (Wildman–Crippen LogP) is 5.24. The lowest BCUT2D eigenvalue weighted by Crippen LogP contribution is -2.26. The molecule has 0 fully saturated rings. The van der Waals surface area contributed by atoms with Crippen LogP contribution in [-0.4, -0.2) is 37.0 Å². The van der Waals surface area contributed by atoms with Crippen molar-refractivity contribution in [1.29, 1.82) is 0 Å². The number of aliphatic carboxylic acids is 1. The van der Waals surface area contributed by atoms with Gasteiger partial charge in [0, 0.05) is 23.2 Å². The molecular formula is C28H29NO6. The van der Waals surface area contributed by atoms with Crippen molar-refractivity contribution in [3.63, 3.8) is 0 Å². The second-order valence-corrected chi connectivity index (χ2v) is 8.85. The van der Waals surface area contributed by atoms with Gasteiger partial charge in [-0.25, -0.2) is 0 Å². The minimum atomic E-state index is -1.12. The molecule has 0 unspecified atom stereocenters. The number of hydrogen-bond donors (Lipinski definition) is 2. The van der Waals surface area contributed by atoms with Crippen LogP contribution in [0.3, 0.4) is 0 Å². The number of nitrogens with one attached hydrogen (secondary N) is 1. The second-order valence-electron chi connectivity index (χ2n) is 8.85. The molecule has 0 aliphatic rings. The van der Waals surface area contributed by atoms with Crippen LogP contribution >= 0.6 is 0 Å². The van der Waals surface area contributed by atoms with Crippen LogP contribution in [-0.2, 0) is 16.0 Å². The third-order valence-electron chi connectivity index (χ3n) is 5.73. The number of carbonyl (C=O) groups is 3. The summed E-state index contributed by atoms with van der Waals surface area (Å²) in [5, 5.41) is 12.1. The first-order valence-electron chi connectivity index (χ1n) is 11.1. The summed E-state index contributed by atoms with van der Waals surface area (Å²) in [6.07, 6.45) is 0.0635. The molecule has 0 spiro atoms. The molecule has 0 aromatic heterocycles. The lowest BCUT2D eigenvalue weighted by molar-refractivity contribution is -0.146. The number of rotatable bonds is 10. The summed E-state index contributed by atoms with van der Waals surface area (Å²) >= 11 is 0. The first-order valence-corrected chi connectivity index (χ1v) is 11.1. The molecule has 0 aliphatic carbocycles. The molecular weight excluding hydrogens is 446 g/mol. The highest BCUT2D eigenvalue weighted by atomic mass is 16.5. The minimum absolute atomic E-state index is 0.0717. The fourth-order valence-electron chi connectivity index (χ4n) is 3.57. The van der Waals surface area contributed by atoms with Gasteiger partial charge in [0.25, 0.3) is 0 Å². The monoisotopic (exact) mass is 475 g/mol. The van der Waals surface area contributed by atoms with Crippen molar-refractivity contribution >= 4 is 23.3 Å². The lowest BCUT2D eigenvalue weighted by atomic mass is 9.85. The molecule has 0 atom stereocenters. The largest absolute Gasteiger partial charge is 0.497 e. The highest BCUT2D eigenvalue weighted by Gasteiger charge is 2.30. The van der Waals surface area contributed by atoms with Crippen LogP contribution in [0.4, 0.5) is 5.69 Å². The fraction of sp³-hybridized carbons (Fsp3) is 0.250. The summed E-state index contributed by atoms with van der Waals surface area (Å²) in [4.78, 5) is 36.3. The average molecular weight is 476 g/mol. The average Bonchev–Trinajstić information content (AvgIpc) is 2.84. The number of carboxylic acid groups (broad SMARTS) is 1. The number of carbonyl (C=O) groups excluding carboxylic acids is 2. The van der Waals surface area contributed by atoms with Crippen LogP contribution in [0, 0.1) is 5.41 Å². The van der Waals surface area contributed by atoms with E-state index in [2.05, 4.69) is 5.32 Å². The van der Waals surface area contributed by atoms with Gasteiger partial charge < -0.3 is 19.9 Å². The summed E-state index contributed by atoms with van der Waals surface area (Å²) in [5.74, 6) is -0.135. The molecule has 0 heterocycles. The smallest absolute Gasteiger partial charge is 0.309 e. The SMILES string of the molecule is COc1ccc(OC)c(CC(=O)Nc2ccc(-c3ccc(C(=O)CC(C)(C)C(=O)O)cc3)cc2)c1. The van der Waals surface area contributed by atoms with E-state index in [4.69, 9.17) is 9.47 Å². The van der Waals surface area contributed by atoms with Crippen molar-refractivity contribution < 1.29 is 29.0 Å². The quantitative estimate of drug-likeness (QED) is 0.389. The Kier molecular flexibility index (Phi) is 7.91. The van der Waals surface area contributed by atoms with Crippen molar-refractivity contribution in [3.8, 4) is 22.6 Å². The van der Waals surface area contributed by atoms with Crippen molar-refractivity contribution in [3.05, 3.63) is 77.9 Å². The normalized spacial score (nSPS) is 11.0. The first kappa shape index (κ1) is 25.5. The number of benzene rings is 3. The number of methoxy groups -OCH3 is 2. The number of anilines is 1. The van der Waals surface area contributed by atoms with Gasteiger partial charge in [-0.2, -0.15) is 0 Å². The van der Waals surface area contributed by atoms with Crippen LogP contribution < -0.4 is 14.8 Å². The molecule has 0 bridgehead atoms. The highest BCUT2D eigenvalue weighted by molar-refractivity contribution is 5.99. The standard InChI is InChI=1S/C28H29NO6/c1-28(2,27(32)33)17-24(30)20-7-5-18(6-8-20)19-9-11-22(12-10-19)29-26(31)16-21-15-23(34-3)13-14-25(21)35-4/h5-15H,16-17H2,1-4H3,(H,29,31)(H,32,33). The molecule has 7 heteroatoms. The molecule has 0 aliphatic heterocycles. The van der Waals surface area contributed by atoms with Crippen LogP contribution in [0.15, 0.2) is 66.7 Å². The van der Waals surface area contributed by atoms with Gasteiger partial charge in [0.1, 0.15) is 11.5 Å². The maximum Gasteiger partial charge on any atom is 0.309 e. The van der Waals surface area contributed by atoms with E-state index >= 15 is 0 Å². The molecule has 3 aromatic carbocycles. The molecule has 0 saturated carbocycles. The van der Waals surface area contributed by atoms with Crippen molar-refractivity contribution in [2.45, 2.75) is 26.7 Å². The van der Waals surface area contributed by atoms with E-state index in [0.29, 0.717) is 22.7 Å². The van der Waals surface area contributed by atoms with Gasteiger partial charge in [-0.1, -0.05) is 36.4 Å². The van der Waals surface area contributed by atoms with Gasteiger partial charge >= 0.3 is 5.97 Å². The van der Waals surface area contributed by atoms with E-state index in [9.17, 15) is 19.5 Å². The Morgan fingerprint density at radius 3 is 2.00 bits per heavy atom. The van der Waals surface area contributed by atoms with E-state index in [1.165, 1.54) is 13.8 Å². The van der Waals surface area contributed by atoms with Gasteiger partial charge in [-0.15, -0.1) is 0 Å². The van der Waals surface area contributed by atoms with Gasteiger partial charge in [0.05, 0.1) is 26.1 Å². The van der Waals surface area contributed by atoms with Crippen molar-refractivity contribution in [2.75, 3.05) is 19.5 Å². The number of hydrogen-bond acceptors (Lipinski definition) is 5. The number of ketones is 1. The van der Waals surface area contributed by atoms with E-state index in [0.717, 1.165) is 16.7 Å². The van der Waals surface area contributed by atoms with Crippen LogP contribution in [0.5, 0.6) is 11.5 Å². The number of amides is 1. The van der Waals surface area contributed by atoms with Crippen molar-refractivity contribution in [2.24, 2.45) is 5.41 Å². The molecule has 3 aromatic rings. The minimum Gasteiger partial charge on any atom is -0.497 e. The summed E-state index contributed by atoms with van der Waals surface area (Å²) in [7, 11) is 3.13. The Labute approximate surface area is 204 Å². The van der Waals surface area contributed by atoms with Crippen LogP contribution in [0.2, 0.25) is 0 Å². The Morgan fingerprint density at radius 1 is 0.857 bits per heavy atom. The number of ether oxygens (including phenoxy) is 2. The number of Topliss-reactive ketones (excluding diaryl/α,β-unsaturated/α-hetero) is 1. The molecule has 182 valence electrons.